The molecule has 0 aromatic rings. The maximum atomic E-state index is 11.6. The number of carboxylic acids is 2. The van der Waals surface area contributed by atoms with Crippen LogP contribution >= 0.6 is 0 Å². The Balaban J connectivity index is -0.00000264. The number of rotatable bonds is 16. The number of carboxylic acid groups (broad SMARTS) is 2. The van der Waals surface area contributed by atoms with E-state index in [0.29, 0.717) is 6.42 Å². The van der Waals surface area contributed by atoms with Crippen LogP contribution in [0.1, 0.15) is 91.8 Å². The van der Waals surface area contributed by atoms with Gasteiger partial charge in [-0.25, -0.2) is 4.79 Å². The van der Waals surface area contributed by atoms with E-state index in [1.165, 1.54) is 51.4 Å². The number of hydrogen-bond donors (Lipinski definition) is 3. The quantitative estimate of drug-likeness (QED) is 0.277. The molecule has 0 aliphatic heterocycles. The molecule has 142 valence electrons. The summed E-state index contributed by atoms with van der Waals surface area (Å²) >= 11 is 0. The number of carbonyl (C=O) groups is 3. The first kappa shape index (κ1) is 26.6. The van der Waals surface area contributed by atoms with Crippen LogP contribution in [0.3, 0.4) is 0 Å². The summed E-state index contributed by atoms with van der Waals surface area (Å²) in [7, 11) is 0. The molecule has 0 spiro atoms. The molecule has 0 aromatic carbocycles. The van der Waals surface area contributed by atoms with Gasteiger partial charge in [0, 0.05) is 6.42 Å². The number of hydrogen-bond acceptors (Lipinski definition) is 3. The van der Waals surface area contributed by atoms with Gasteiger partial charge in [-0.3, -0.25) is 9.59 Å². The number of amides is 1. The predicted molar refractivity (Wildman–Crippen MR) is 94.0 cm³/mol. The molecule has 0 saturated carbocycles. The SMILES string of the molecule is CCCCCCCCCCCCCC(=O)NC(CC(=O)O)C(=O)O.[H-].[Na+]. The van der Waals surface area contributed by atoms with Gasteiger partial charge in [0.1, 0.15) is 6.04 Å². The molecule has 0 aliphatic carbocycles. The van der Waals surface area contributed by atoms with E-state index < -0.39 is 24.4 Å². The maximum Gasteiger partial charge on any atom is 1.00 e. The average molecular weight is 367 g/mol. The molecule has 0 heterocycles. The summed E-state index contributed by atoms with van der Waals surface area (Å²) in [5.74, 6) is -2.94. The molecule has 0 saturated heterocycles. The van der Waals surface area contributed by atoms with Crippen LogP contribution in [0.4, 0.5) is 0 Å². The molecule has 3 N–H and O–H groups in total. The van der Waals surface area contributed by atoms with Crippen molar-refractivity contribution in [3.05, 3.63) is 0 Å². The van der Waals surface area contributed by atoms with Crippen molar-refractivity contribution in [3.63, 3.8) is 0 Å². The first-order valence-electron chi connectivity index (χ1n) is 9.21. The van der Waals surface area contributed by atoms with E-state index in [1.807, 2.05) is 0 Å². The Kier molecular flexibility index (Phi) is 19.4. The van der Waals surface area contributed by atoms with E-state index in [-0.39, 0.29) is 43.3 Å². The number of aliphatic carboxylic acids is 2. The largest absolute Gasteiger partial charge is 1.00 e. The van der Waals surface area contributed by atoms with Gasteiger partial charge in [-0.15, -0.1) is 0 Å². The van der Waals surface area contributed by atoms with Crippen molar-refractivity contribution >= 4 is 17.8 Å². The second kappa shape index (κ2) is 18.2. The van der Waals surface area contributed by atoms with Gasteiger partial charge < -0.3 is 17.0 Å². The molecule has 1 unspecified atom stereocenters. The minimum atomic E-state index is -1.34. The minimum Gasteiger partial charge on any atom is -1.00 e. The molecule has 0 radical (unpaired) electrons. The van der Waals surface area contributed by atoms with Crippen LogP contribution in [0.25, 0.3) is 0 Å². The molecular formula is C18H34NNaO5. The molecule has 6 nitrogen and oxygen atoms in total. The molecule has 0 rings (SSSR count). The van der Waals surface area contributed by atoms with Crippen molar-refractivity contribution in [2.75, 3.05) is 0 Å². The first-order chi connectivity index (χ1) is 11.5. The van der Waals surface area contributed by atoms with Gasteiger partial charge in [0.15, 0.2) is 0 Å². The first-order valence-corrected chi connectivity index (χ1v) is 9.21. The average Bonchev–Trinajstić information content (AvgIpc) is 2.51. The molecule has 0 bridgehead atoms. The molecule has 0 aliphatic rings. The second-order valence-corrected chi connectivity index (χ2v) is 6.34. The van der Waals surface area contributed by atoms with Crippen LogP contribution in [-0.4, -0.2) is 34.1 Å². The van der Waals surface area contributed by atoms with Gasteiger partial charge >= 0.3 is 41.5 Å². The third-order valence-corrected chi connectivity index (χ3v) is 4.02. The van der Waals surface area contributed by atoms with E-state index >= 15 is 0 Å². The van der Waals surface area contributed by atoms with Gasteiger partial charge in [0.2, 0.25) is 5.91 Å². The maximum absolute atomic E-state index is 11.6. The summed E-state index contributed by atoms with van der Waals surface area (Å²) in [6.07, 6.45) is 12.7. The molecule has 25 heavy (non-hydrogen) atoms. The van der Waals surface area contributed by atoms with Gasteiger partial charge in [-0.2, -0.15) is 0 Å². The standard InChI is InChI=1S/C18H33NO5.Na.H/c1-2-3-4-5-6-7-8-9-10-11-12-13-16(20)19-15(18(23)24)14-17(21)22;;/h15H,2-14H2,1H3,(H,19,20)(H,21,22)(H,23,24);;/q;+1;-1. The number of unbranched alkanes of at least 4 members (excludes halogenated alkanes) is 10. The minimum absolute atomic E-state index is 0. The van der Waals surface area contributed by atoms with Crippen LogP contribution in [-0.2, 0) is 14.4 Å². The third-order valence-electron chi connectivity index (χ3n) is 4.02. The smallest absolute Gasteiger partial charge is 1.00 e. The summed E-state index contributed by atoms with van der Waals surface area (Å²) in [6, 6.07) is -1.34. The van der Waals surface area contributed by atoms with Crippen LogP contribution in [0, 0.1) is 0 Å². The van der Waals surface area contributed by atoms with Gasteiger partial charge in [-0.05, 0) is 6.42 Å². The zero-order chi connectivity index (χ0) is 18.2. The molecule has 0 aromatic heterocycles. The van der Waals surface area contributed by atoms with Crippen molar-refractivity contribution in [1.82, 2.24) is 5.32 Å². The fourth-order valence-corrected chi connectivity index (χ4v) is 2.59. The van der Waals surface area contributed by atoms with E-state index in [2.05, 4.69) is 12.2 Å². The Labute approximate surface area is 174 Å². The van der Waals surface area contributed by atoms with Gasteiger partial charge in [-0.1, -0.05) is 71.1 Å². The molecule has 1 atom stereocenters. The molecule has 0 fully saturated rings. The summed E-state index contributed by atoms with van der Waals surface area (Å²) in [6.45, 7) is 2.22. The Hall–Kier alpha value is -0.590. The molecule has 7 heteroatoms. The van der Waals surface area contributed by atoms with Crippen LogP contribution < -0.4 is 34.9 Å². The monoisotopic (exact) mass is 367 g/mol. The van der Waals surface area contributed by atoms with Crippen LogP contribution in [0.2, 0.25) is 0 Å². The van der Waals surface area contributed by atoms with E-state index in [4.69, 9.17) is 10.2 Å². The number of nitrogens with one attached hydrogen (secondary N) is 1. The van der Waals surface area contributed by atoms with Crippen LogP contribution in [0.15, 0.2) is 0 Å². The summed E-state index contributed by atoms with van der Waals surface area (Å²) in [5, 5.41) is 19.7. The van der Waals surface area contributed by atoms with E-state index in [9.17, 15) is 14.4 Å². The Morgan fingerprint density at radius 2 is 1.28 bits per heavy atom. The van der Waals surface area contributed by atoms with Gasteiger partial charge in [0.05, 0.1) is 6.42 Å². The summed E-state index contributed by atoms with van der Waals surface area (Å²) in [4.78, 5) is 33.0. The van der Waals surface area contributed by atoms with Gasteiger partial charge in [0.25, 0.3) is 0 Å². The summed E-state index contributed by atoms with van der Waals surface area (Å²) in [5.41, 5.74) is 0. The van der Waals surface area contributed by atoms with Crippen LogP contribution in [0.5, 0.6) is 0 Å². The zero-order valence-electron chi connectivity index (χ0n) is 16.9. The zero-order valence-corrected chi connectivity index (χ0v) is 17.9. The fourth-order valence-electron chi connectivity index (χ4n) is 2.59. The van der Waals surface area contributed by atoms with E-state index in [1.54, 1.807) is 0 Å². The second-order valence-electron chi connectivity index (χ2n) is 6.34. The third kappa shape index (κ3) is 18.0. The normalized spacial score (nSPS) is 11.4. The molecule has 1 amide bonds. The predicted octanol–water partition coefficient (Wildman–Crippen LogP) is 0.848. The van der Waals surface area contributed by atoms with Crippen molar-refractivity contribution < 1.29 is 55.6 Å². The Bertz CT molecular complexity index is 383. The van der Waals surface area contributed by atoms with E-state index in [0.717, 1.165) is 12.8 Å². The van der Waals surface area contributed by atoms with Crippen molar-refractivity contribution in [3.8, 4) is 0 Å². The Morgan fingerprint density at radius 3 is 1.68 bits per heavy atom. The Morgan fingerprint density at radius 1 is 0.840 bits per heavy atom. The van der Waals surface area contributed by atoms with Crippen molar-refractivity contribution in [1.29, 1.82) is 0 Å². The number of carbonyl (C=O) groups excluding carboxylic acids is 1. The van der Waals surface area contributed by atoms with Crippen molar-refractivity contribution in [2.45, 2.75) is 96.4 Å². The fraction of sp³-hybridized carbons (Fsp3) is 0.833. The topological polar surface area (TPSA) is 104 Å². The van der Waals surface area contributed by atoms with Crippen molar-refractivity contribution in [2.24, 2.45) is 0 Å². The summed E-state index contributed by atoms with van der Waals surface area (Å²) < 4.78 is 0. The molecular weight excluding hydrogens is 333 g/mol.